The molecule has 0 fully saturated rings. The Bertz CT molecular complexity index is 735. The Hall–Kier alpha value is -2.26. The van der Waals surface area contributed by atoms with E-state index in [9.17, 15) is 0 Å². The van der Waals surface area contributed by atoms with Gasteiger partial charge in [0.05, 0.1) is 14.2 Å². The molecule has 0 radical (unpaired) electrons. The number of hydrogen-bond acceptors (Lipinski definition) is 3. The van der Waals surface area contributed by atoms with Crippen LogP contribution in [0.3, 0.4) is 0 Å². The minimum atomic E-state index is 0.226. The highest BCUT2D eigenvalue weighted by molar-refractivity contribution is 5.78. The topological polar surface area (TPSA) is 30.5 Å². The van der Waals surface area contributed by atoms with Crippen molar-refractivity contribution in [3.8, 4) is 22.6 Å². The number of nitrogens with one attached hydrogen (secondary N) is 1. The van der Waals surface area contributed by atoms with E-state index >= 15 is 0 Å². The van der Waals surface area contributed by atoms with Gasteiger partial charge < -0.3 is 14.8 Å². The summed E-state index contributed by atoms with van der Waals surface area (Å²) in [7, 11) is 5.32. The zero-order valence-corrected chi connectivity index (χ0v) is 15.4. The molecule has 0 saturated carbocycles. The van der Waals surface area contributed by atoms with Crippen LogP contribution in [0.4, 0.5) is 0 Å². The molecule has 0 saturated heterocycles. The molecule has 2 aromatic carbocycles. The zero-order chi connectivity index (χ0) is 17.7. The lowest BCUT2D eigenvalue weighted by Gasteiger charge is -2.19. The smallest absolute Gasteiger partial charge is 0.168 e. The summed E-state index contributed by atoms with van der Waals surface area (Å²) in [6.45, 7) is 6.31. The third-order valence-electron chi connectivity index (χ3n) is 4.50. The lowest BCUT2D eigenvalue weighted by atomic mass is 9.95. The Morgan fingerprint density at radius 1 is 1.12 bits per heavy atom. The van der Waals surface area contributed by atoms with E-state index in [1.54, 1.807) is 14.2 Å². The molecule has 1 unspecified atom stereocenters. The molecule has 0 aliphatic rings. The van der Waals surface area contributed by atoms with Gasteiger partial charge in [0.2, 0.25) is 0 Å². The van der Waals surface area contributed by atoms with Crippen LogP contribution in [0.2, 0.25) is 0 Å². The fourth-order valence-electron chi connectivity index (χ4n) is 2.72. The van der Waals surface area contributed by atoms with E-state index in [2.05, 4.69) is 62.5 Å². The number of allylic oxidation sites excluding steroid dienone is 2. The molecule has 0 spiro atoms. The summed E-state index contributed by atoms with van der Waals surface area (Å²) in [5, 5.41) is 3.28. The first-order valence-electron chi connectivity index (χ1n) is 8.22. The van der Waals surface area contributed by atoms with Gasteiger partial charge in [0.1, 0.15) is 0 Å². The number of methoxy groups -OCH3 is 2. The summed E-state index contributed by atoms with van der Waals surface area (Å²) < 4.78 is 11.2. The fraction of sp³-hybridized carbons (Fsp3) is 0.333. The van der Waals surface area contributed by atoms with Crippen LogP contribution in [-0.4, -0.2) is 21.3 Å². The van der Waals surface area contributed by atoms with E-state index in [1.807, 2.05) is 13.1 Å². The monoisotopic (exact) mass is 325 g/mol. The van der Waals surface area contributed by atoms with Crippen molar-refractivity contribution in [2.45, 2.75) is 26.8 Å². The highest BCUT2D eigenvalue weighted by atomic mass is 16.5. The minimum absolute atomic E-state index is 0.226. The first-order chi connectivity index (χ1) is 11.5. The van der Waals surface area contributed by atoms with E-state index in [-0.39, 0.29) is 6.04 Å². The molecular formula is C21H27NO2. The maximum atomic E-state index is 5.66. The summed E-state index contributed by atoms with van der Waals surface area (Å²) >= 11 is 0. The van der Waals surface area contributed by atoms with Crippen LogP contribution >= 0.6 is 0 Å². The molecule has 3 heteroatoms. The van der Waals surface area contributed by atoms with Crippen LogP contribution < -0.4 is 14.8 Å². The molecule has 128 valence electrons. The van der Waals surface area contributed by atoms with Crippen LogP contribution in [0.5, 0.6) is 11.5 Å². The van der Waals surface area contributed by atoms with Crippen molar-refractivity contribution in [2.75, 3.05) is 21.3 Å². The molecule has 1 N–H and O–H groups in total. The van der Waals surface area contributed by atoms with Crippen molar-refractivity contribution in [3.05, 3.63) is 53.6 Å². The van der Waals surface area contributed by atoms with Gasteiger partial charge in [-0.05, 0) is 68.3 Å². The summed E-state index contributed by atoms with van der Waals surface area (Å²) in [5.74, 6) is 1.51. The minimum Gasteiger partial charge on any atom is -0.493 e. The van der Waals surface area contributed by atoms with Gasteiger partial charge in [-0.15, -0.1) is 0 Å². The Labute approximate surface area is 145 Å². The molecule has 2 aromatic rings. The average Bonchev–Trinajstić information content (AvgIpc) is 2.65. The summed E-state index contributed by atoms with van der Waals surface area (Å²) in [6.07, 6.45) is 2.12. The van der Waals surface area contributed by atoms with Gasteiger partial charge >= 0.3 is 0 Å². The van der Waals surface area contributed by atoms with E-state index < -0.39 is 0 Å². The summed E-state index contributed by atoms with van der Waals surface area (Å²) in [6, 6.07) is 12.9. The van der Waals surface area contributed by atoms with Crippen molar-refractivity contribution in [3.63, 3.8) is 0 Å². The number of hydrogen-bond donors (Lipinski definition) is 1. The van der Waals surface area contributed by atoms with Crippen LogP contribution in [0, 0.1) is 0 Å². The average molecular weight is 325 g/mol. The second-order valence-electron chi connectivity index (χ2n) is 5.87. The van der Waals surface area contributed by atoms with Gasteiger partial charge in [-0.25, -0.2) is 0 Å². The fourth-order valence-corrected chi connectivity index (χ4v) is 2.72. The number of rotatable bonds is 6. The summed E-state index contributed by atoms with van der Waals surface area (Å²) in [4.78, 5) is 0. The molecule has 0 aliphatic carbocycles. The molecule has 1 atom stereocenters. The first kappa shape index (κ1) is 18.1. The quantitative estimate of drug-likeness (QED) is 0.804. The van der Waals surface area contributed by atoms with E-state index in [0.29, 0.717) is 0 Å². The second-order valence-corrected chi connectivity index (χ2v) is 5.87. The van der Waals surface area contributed by atoms with Gasteiger partial charge in [-0.1, -0.05) is 24.3 Å². The Morgan fingerprint density at radius 2 is 1.88 bits per heavy atom. The first-order valence-corrected chi connectivity index (χ1v) is 8.22. The molecule has 0 amide bonds. The lowest BCUT2D eigenvalue weighted by Crippen LogP contribution is -2.12. The van der Waals surface area contributed by atoms with E-state index in [0.717, 1.165) is 22.6 Å². The van der Waals surface area contributed by atoms with E-state index in [4.69, 9.17) is 9.47 Å². The van der Waals surface area contributed by atoms with Crippen LogP contribution in [0.15, 0.2) is 42.5 Å². The van der Waals surface area contributed by atoms with Gasteiger partial charge in [-0.3, -0.25) is 0 Å². The molecule has 0 aromatic heterocycles. The van der Waals surface area contributed by atoms with Crippen molar-refractivity contribution in [1.29, 1.82) is 0 Å². The predicted molar refractivity (Wildman–Crippen MR) is 102 cm³/mol. The maximum Gasteiger partial charge on any atom is 0.168 e. The SMILES string of the molecule is CC=C(C)c1cccc(-c2cc(C(C)NC)cc(OC)c2OC)c1. The van der Waals surface area contributed by atoms with Crippen LogP contribution in [-0.2, 0) is 0 Å². The van der Waals surface area contributed by atoms with Gasteiger partial charge in [-0.2, -0.15) is 0 Å². The summed E-state index contributed by atoms with van der Waals surface area (Å²) in [5.41, 5.74) is 5.79. The standard InChI is InChI=1S/C21H27NO2/c1-7-14(2)16-9-8-10-17(11-16)19-12-18(15(3)22-4)13-20(23-5)21(19)24-6/h7-13,15,22H,1-6H3. The molecule has 0 aliphatic heterocycles. The van der Waals surface area contributed by atoms with Crippen LogP contribution in [0.1, 0.15) is 37.9 Å². The third kappa shape index (κ3) is 3.62. The number of ether oxygens (including phenoxy) is 2. The Kier molecular flexibility index (Phi) is 6.04. The second kappa shape index (κ2) is 8.02. The van der Waals surface area contributed by atoms with Crippen molar-refractivity contribution in [2.24, 2.45) is 0 Å². The normalized spacial score (nSPS) is 12.8. The molecule has 0 bridgehead atoms. The van der Waals surface area contributed by atoms with Crippen LogP contribution in [0.25, 0.3) is 16.7 Å². The zero-order valence-electron chi connectivity index (χ0n) is 15.4. The van der Waals surface area contributed by atoms with Gasteiger partial charge in [0, 0.05) is 11.6 Å². The number of benzene rings is 2. The van der Waals surface area contributed by atoms with Crippen molar-refractivity contribution < 1.29 is 9.47 Å². The van der Waals surface area contributed by atoms with E-state index in [1.165, 1.54) is 16.7 Å². The highest BCUT2D eigenvalue weighted by Crippen LogP contribution is 2.41. The maximum absolute atomic E-state index is 5.66. The predicted octanol–water partition coefficient (Wildman–Crippen LogP) is 5.07. The van der Waals surface area contributed by atoms with Crippen molar-refractivity contribution in [1.82, 2.24) is 5.32 Å². The molecule has 0 heterocycles. The highest BCUT2D eigenvalue weighted by Gasteiger charge is 2.16. The molecule has 3 nitrogen and oxygen atoms in total. The van der Waals surface area contributed by atoms with Crippen molar-refractivity contribution >= 4 is 5.57 Å². The van der Waals surface area contributed by atoms with Gasteiger partial charge in [0.25, 0.3) is 0 Å². The third-order valence-corrected chi connectivity index (χ3v) is 4.50. The molecular weight excluding hydrogens is 298 g/mol. The molecule has 2 rings (SSSR count). The molecule has 24 heavy (non-hydrogen) atoms. The Morgan fingerprint density at radius 3 is 2.46 bits per heavy atom. The Balaban J connectivity index is 2.67. The lowest BCUT2D eigenvalue weighted by molar-refractivity contribution is 0.355. The largest absolute Gasteiger partial charge is 0.493 e. The van der Waals surface area contributed by atoms with Gasteiger partial charge in [0.15, 0.2) is 11.5 Å².